The molecule has 3 rings (SSSR count). The van der Waals surface area contributed by atoms with Crippen molar-refractivity contribution >= 4 is 15.9 Å². The number of nitrogens with one attached hydrogen (secondary N) is 1. The summed E-state index contributed by atoms with van der Waals surface area (Å²) in [6.45, 7) is 3.38. The van der Waals surface area contributed by atoms with Gasteiger partial charge >= 0.3 is 0 Å². The lowest BCUT2D eigenvalue weighted by molar-refractivity contribution is 0.0926. The van der Waals surface area contributed by atoms with E-state index >= 15 is 0 Å². The lowest BCUT2D eigenvalue weighted by atomic mass is 10.1. The molecule has 0 radical (unpaired) electrons. The highest BCUT2D eigenvalue weighted by molar-refractivity contribution is 7.88. The first-order chi connectivity index (χ1) is 14.9. The predicted octanol–water partition coefficient (Wildman–Crippen LogP) is 3.21. The third kappa shape index (κ3) is 6.70. The van der Waals surface area contributed by atoms with Gasteiger partial charge in [-0.25, -0.2) is 12.7 Å². The summed E-state index contributed by atoms with van der Waals surface area (Å²) < 4.78 is 37.5. The van der Waals surface area contributed by atoms with Crippen LogP contribution < -0.4 is 14.8 Å². The van der Waals surface area contributed by atoms with Crippen LogP contribution in [-0.4, -0.2) is 51.5 Å². The molecular weight excluding hydrogens is 416 g/mol. The van der Waals surface area contributed by atoms with E-state index in [1.165, 1.54) is 0 Å². The number of piperidine rings is 1. The first-order valence-electron chi connectivity index (χ1n) is 10.5. The monoisotopic (exact) mass is 446 g/mol. The molecule has 1 amide bonds. The van der Waals surface area contributed by atoms with E-state index in [1.807, 2.05) is 31.2 Å². The Labute approximate surface area is 184 Å². The Morgan fingerprint density at radius 3 is 2.23 bits per heavy atom. The fourth-order valence-corrected chi connectivity index (χ4v) is 5.05. The van der Waals surface area contributed by atoms with Crippen LogP contribution in [0, 0.1) is 0 Å². The largest absolute Gasteiger partial charge is 0.497 e. The van der Waals surface area contributed by atoms with Gasteiger partial charge < -0.3 is 14.8 Å². The van der Waals surface area contributed by atoms with Gasteiger partial charge in [-0.2, -0.15) is 0 Å². The van der Waals surface area contributed by atoms with Crippen LogP contribution in [0.25, 0.3) is 0 Å². The highest BCUT2D eigenvalue weighted by atomic mass is 32.2. The topological polar surface area (TPSA) is 84.9 Å². The minimum atomic E-state index is -3.32. The zero-order valence-electron chi connectivity index (χ0n) is 18.0. The molecule has 0 spiro atoms. The number of ether oxygens (including phenoxy) is 2. The minimum Gasteiger partial charge on any atom is -0.497 e. The summed E-state index contributed by atoms with van der Waals surface area (Å²) >= 11 is 0. The van der Waals surface area contributed by atoms with Gasteiger partial charge in [0.1, 0.15) is 18.1 Å². The van der Waals surface area contributed by atoms with Crippen LogP contribution in [0.3, 0.4) is 0 Å². The molecule has 0 unspecified atom stereocenters. The zero-order chi connectivity index (χ0) is 22.3. The molecule has 1 fully saturated rings. The van der Waals surface area contributed by atoms with Crippen LogP contribution in [-0.2, 0) is 15.8 Å². The summed E-state index contributed by atoms with van der Waals surface area (Å²) in [7, 11) is -1.71. The van der Waals surface area contributed by atoms with Gasteiger partial charge in [0.25, 0.3) is 5.91 Å². The fraction of sp³-hybridized carbons (Fsp3) is 0.435. The maximum atomic E-state index is 12.6. The molecule has 1 atom stereocenters. The van der Waals surface area contributed by atoms with Crippen molar-refractivity contribution in [3.05, 3.63) is 59.7 Å². The quantitative estimate of drug-likeness (QED) is 0.639. The Hall–Kier alpha value is -2.58. The van der Waals surface area contributed by atoms with E-state index in [0.29, 0.717) is 36.6 Å². The molecule has 0 saturated carbocycles. The molecule has 8 heteroatoms. The van der Waals surface area contributed by atoms with Gasteiger partial charge in [0.15, 0.2) is 0 Å². The third-order valence-corrected chi connectivity index (χ3v) is 7.06. The van der Waals surface area contributed by atoms with Crippen LogP contribution in [0.5, 0.6) is 11.5 Å². The van der Waals surface area contributed by atoms with Crippen molar-refractivity contribution in [1.82, 2.24) is 9.62 Å². The molecular formula is C23H30N2O5S. The van der Waals surface area contributed by atoms with Crippen molar-refractivity contribution in [2.24, 2.45) is 0 Å². The summed E-state index contributed by atoms with van der Waals surface area (Å²) in [6.07, 6.45) is 2.91. The number of benzene rings is 2. The molecule has 1 N–H and O–H groups in total. The van der Waals surface area contributed by atoms with Crippen molar-refractivity contribution in [2.45, 2.75) is 38.0 Å². The average molecular weight is 447 g/mol. The number of carbonyl (C=O) groups is 1. The normalized spacial score (nSPS) is 15.8. The molecule has 0 bridgehead atoms. The fourth-order valence-electron chi connectivity index (χ4n) is 3.44. The first kappa shape index (κ1) is 23.1. The Balaban J connectivity index is 1.49. The molecule has 168 valence electrons. The maximum absolute atomic E-state index is 12.6. The molecule has 0 aliphatic carbocycles. The molecule has 2 aromatic rings. The summed E-state index contributed by atoms with van der Waals surface area (Å²) in [5.74, 6) is 1.18. The van der Waals surface area contributed by atoms with Gasteiger partial charge in [0.05, 0.1) is 18.9 Å². The van der Waals surface area contributed by atoms with E-state index in [-0.39, 0.29) is 17.7 Å². The average Bonchev–Trinajstić information content (AvgIpc) is 2.79. The van der Waals surface area contributed by atoms with Gasteiger partial charge in [0.2, 0.25) is 10.0 Å². The van der Waals surface area contributed by atoms with Gasteiger partial charge in [-0.3, -0.25) is 4.79 Å². The number of nitrogens with zero attached hydrogens (tertiary/aromatic N) is 1. The molecule has 1 saturated heterocycles. The lowest BCUT2D eigenvalue weighted by Crippen LogP contribution is -2.37. The van der Waals surface area contributed by atoms with E-state index in [2.05, 4.69) is 5.32 Å². The number of methoxy groups -OCH3 is 1. The van der Waals surface area contributed by atoms with E-state index in [4.69, 9.17) is 9.47 Å². The highest BCUT2D eigenvalue weighted by Crippen LogP contribution is 2.18. The highest BCUT2D eigenvalue weighted by Gasteiger charge is 2.24. The minimum absolute atomic E-state index is 0.0407. The summed E-state index contributed by atoms with van der Waals surface area (Å²) in [5.41, 5.74) is 1.16. The number of sulfonamides is 1. The Bertz CT molecular complexity index is 952. The summed E-state index contributed by atoms with van der Waals surface area (Å²) in [6, 6.07) is 13.8. The van der Waals surface area contributed by atoms with Crippen molar-refractivity contribution < 1.29 is 22.7 Å². The van der Waals surface area contributed by atoms with Crippen molar-refractivity contribution in [3.63, 3.8) is 0 Å². The van der Waals surface area contributed by atoms with Crippen molar-refractivity contribution in [1.29, 1.82) is 0 Å². The zero-order valence-corrected chi connectivity index (χ0v) is 18.9. The Kier molecular flexibility index (Phi) is 7.92. The molecule has 2 aromatic carbocycles. The second-order valence-corrected chi connectivity index (χ2v) is 9.74. The first-order valence-corrected chi connectivity index (χ1v) is 12.1. The lowest BCUT2D eigenvalue weighted by Gasteiger charge is -2.25. The Morgan fingerprint density at radius 1 is 1.00 bits per heavy atom. The Morgan fingerprint density at radius 2 is 1.61 bits per heavy atom. The van der Waals surface area contributed by atoms with Crippen molar-refractivity contribution in [3.8, 4) is 11.5 Å². The van der Waals surface area contributed by atoms with Gasteiger partial charge in [-0.15, -0.1) is 0 Å². The number of amides is 1. The third-order valence-electron chi connectivity index (χ3n) is 5.21. The number of hydrogen-bond donors (Lipinski definition) is 1. The van der Waals surface area contributed by atoms with Crippen molar-refractivity contribution in [2.75, 3.05) is 26.8 Å². The van der Waals surface area contributed by atoms with Crippen LogP contribution in [0.2, 0.25) is 0 Å². The second kappa shape index (κ2) is 10.6. The molecule has 1 aliphatic heterocycles. The SMILES string of the molecule is COc1ccc(OC[C@H](C)NC(=O)c2ccc(CS(=O)(=O)N3CCCCC3)cc2)cc1. The number of hydrogen-bond acceptors (Lipinski definition) is 5. The molecule has 31 heavy (non-hydrogen) atoms. The predicted molar refractivity (Wildman–Crippen MR) is 120 cm³/mol. The van der Waals surface area contributed by atoms with E-state index in [1.54, 1.807) is 35.7 Å². The van der Waals surface area contributed by atoms with Crippen LogP contribution in [0.1, 0.15) is 42.1 Å². The van der Waals surface area contributed by atoms with E-state index in [0.717, 1.165) is 25.0 Å². The summed E-state index contributed by atoms with van der Waals surface area (Å²) in [5, 5.41) is 2.89. The van der Waals surface area contributed by atoms with Gasteiger partial charge in [-0.1, -0.05) is 18.6 Å². The molecule has 0 aromatic heterocycles. The van der Waals surface area contributed by atoms with Crippen LogP contribution in [0.15, 0.2) is 48.5 Å². The van der Waals surface area contributed by atoms with E-state index < -0.39 is 10.0 Å². The van der Waals surface area contributed by atoms with Gasteiger partial charge in [0, 0.05) is 18.7 Å². The van der Waals surface area contributed by atoms with Crippen LogP contribution >= 0.6 is 0 Å². The molecule has 1 aliphatic rings. The maximum Gasteiger partial charge on any atom is 0.251 e. The number of carbonyl (C=O) groups excluding carboxylic acids is 1. The van der Waals surface area contributed by atoms with Gasteiger partial charge in [-0.05, 0) is 61.7 Å². The molecule has 7 nitrogen and oxygen atoms in total. The number of rotatable bonds is 9. The smallest absolute Gasteiger partial charge is 0.251 e. The molecule has 1 heterocycles. The van der Waals surface area contributed by atoms with Crippen LogP contribution in [0.4, 0.5) is 0 Å². The van der Waals surface area contributed by atoms with E-state index in [9.17, 15) is 13.2 Å². The summed E-state index contributed by atoms with van der Waals surface area (Å²) in [4.78, 5) is 12.5. The second-order valence-electron chi connectivity index (χ2n) is 7.77. The standard InChI is InChI=1S/C23H30N2O5S/c1-18(16-30-22-12-10-21(29-2)11-13-22)24-23(26)20-8-6-19(7-9-20)17-31(27,28)25-14-4-3-5-15-25/h6-13,18H,3-5,14-17H2,1-2H3,(H,24,26)/t18-/m0/s1.